The molecule has 8 heteroatoms. The van der Waals surface area contributed by atoms with E-state index in [4.69, 9.17) is 23.2 Å². The fourth-order valence-electron chi connectivity index (χ4n) is 2.30. The molecule has 3 aromatic rings. The van der Waals surface area contributed by atoms with Crippen LogP contribution in [0.25, 0.3) is 5.69 Å². The molecule has 2 aromatic carbocycles. The van der Waals surface area contributed by atoms with Gasteiger partial charge in [0.15, 0.2) is 0 Å². The summed E-state index contributed by atoms with van der Waals surface area (Å²) in [5.74, 6) is 0. The number of halogens is 2. The molecule has 0 saturated heterocycles. The molecule has 0 aliphatic carbocycles. The number of benzene rings is 2. The average Bonchev–Trinajstić information content (AvgIpc) is 3.06. The van der Waals surface area contributed by atoms with Crippen LogP contribution in [0.15, 0.2) is 65.8 Å². The van der Waals surface area contributed by atoms with Crippen molar-refractivity contribution in [1.82, 2.24) is 14.5 Å². The minimum absolute atomic E-state index is 0.0263. The predicted molar refractivity (Wildman–Crippen MR) is 98.9 cm³/mol. The number of hydrogen-bond acceptors (Lipinski definition) is 3. The smallest absolute Gasteiger partial charge is 0.241 e. The van der Waals surface area contributed by atoms with Crippen LogP contribution in [-0.2, 0) is 16.4 Å². The first-order chi connectivity index (χ1) is 12.0. The summed E-state index contributed by atoms with van der Waals surface area (Å²) >= 11 is 11.8. The quantitative estimate of drug-likeness (QED) is 0.691. The highest BCUT2D eigenvalue weighted by atomic mass is 35.5. The first kappa shape index (κ1) is 17.9. The van der Waals surface area contributed by atoms with Gasteiger partial charge in [-0.25, -0.2) is 17.8 Å². The SMILES string of the molecule is O=S(=O)(NCCc1cnn(-c2ccccc2)c1)c1cc(Cl)ccc1Cl. The standard InChI is InChI=1S/C17H15Cl2N3O2S/c18-14-6-7-16(19)17(10-14)25(23,24)21-9-8-13-11-20-22(12-13)15-4-2-1-3-5-15/h1-7,10-12,21H,8-9H2. The van der Waals surface area contributed by atoms with Crippen LogP contribution in [0.3, 0.4) is 0 Å². The van der Waals surface area contributed by atoms with Gasteiger partial charge in [0.1, 0.15) is 4.90 Å². The highest BCUT2D eigenvalue weighted by molar-refractivity contribution is 7.89. The molecule has 0 amide bonds. The topological polar surface area (TPSA) is 64.0 Å². The van der Waals surface area contributed by atoms with E-state index in [1.54, 1.807) is 16.9 Å². The molecule has 130 valence electrons. The van der Waals surface area contributed by atoms with Crippen molar-refractivity contribution in [2.75, 3.05) is 6.54 Å². The second-order valence-corrected chi connectivity index (χ2v) is 7.93. The van der Waals surface area contributed by atoms with Crippen molar-refractivity contribution in [1.29, 1.82) is 0 Å². The van der Waals surface area contributed by atoms with Gasteiger partial charge in [-0.3, -0.25) is 0 Å². The third kappa shape index (κ3) is 4.41. The zero-order valence-electron chi connectivity index (χ0n) is 13.1. The first-order valence-electron chi connectivity index (χ1n) is 7.49. The normalized spacial score (nSPS) is 11.6. The lowest BCUT2D eigenvalue weighted by Crippen LogP contribution is -2.26. The van der Waals surface area contributed by atoms with Crippen LogP contribution in [0.2, 0.25) is 10.0 Å². The molecule has 0 fully saturated rings. The zero-order valence-corrected chi connectivity index (χ0v) is 15.4. The fraction of sp³-hybridized carbons (Fsp3) is 0.118. The van der Waals surface area contributed by atoms with Gasteiger partial charge in [0.05, 0.1) is 16.9 Å². The van der Waals surface area contributed by atoms with Crippen molar-refractivity contribution >= 4 is 33.2 Å². The maximum absolute atomic E-state index is 12.3. The summed E-state index contributed by atoms with van der Waals surface area (Å²) < 4.78 is 29.0. The summed E-state index contributed by atoms with van der Waals surface area (Å²) in [5.41, 5.74) is 1.86. The Bertz CT molecular complexity index is 973. The molecular formula is C17H15Cl2N3O2S. The second kappa shape index (κ2) is 7.58. The maximum Gasteiger partial charge on any atom is 0.242 e. The summed E-state index contributed by atoms with van der Waals surface area (Å²) in [5, 5.41) is 4.73. The number of nitrogens with zero attached hydrogens (tertiary/aromatic N) is 2. The number of hydrogen-bond donors (Lipinski definition) is 1. The molecular weight excluding hydrogens is 381 g/mol. The number of para-hydroxylation sites is 1. The highest BCUT2D eigenvalue weighted by Gasteiger charge is 2.18. The third-order valence-corrected chi connectivity index (χ3v) is 5.72. The number of nitrogens with one attached hydrogen (secondary N) is 1. The molecule has 1 aromatic heterocycles. The number of rotatable bonds is 6. The molecule has 1 heterocycles. The third-order valence-electron chi connectivity index (χ3n) is 3.55. The van der Waals surface area contributed by atoms with Crippen molar-refractivity contribution in [2.45, 2.75) is 11.3 Å². The van der Waals surface area contributed by atoms with E-state index in [1.165, 1.54) is 12.1 Å². The van der Waals surface area contributed by atoms with E-state index in [9.17, 15) is 8.42 Å². The lowest BCUT2D eigenvalue weighted by atomic mass is 10.2. The average molecular weight is 396 g/mol. The van der Waals surface area contributed by atoms with Crippen LogP contribution in [0.4, 0.5) is 0 Å². The van der Waals surface area contributed by atoms with E-state index >= 15 is 0 Å². The Morgan fingerprint density at radius 1 is 1.08 bits per heavy atom. The molecule has 5 nitrogen and oxygen atoms in total. The van der Waals surface area contributed by atoms with Gasteiger partial charge in [-0.1, -0.05) is 41.4 Å². The summed E-state index contributed by atoms with van der Waals surface area (Å²) in [4.78, 5) is -0.0263. The van der Waals surface area contributed by atoms with Gasteiger partial charge in [-0.15, -0.1) is 0 Å². The monoisotopic (exact) mass is 395 g/mol. The molecule has 3 rings (SSSR count). The molecule has 0 atom stereocenters. The van der Waals surface area contributed by atoms with Crippen molar-refractivity contribution < 1.29 is 8.42 Å². The molecule has 0 aliphatic rings. The first-order valence-corrected chi connectivity index (χ1v) is 9.73. The molecule has 0 spiro atoms. The summed E-state index contributed by atoms with van der Waals surface area (Å²) in [6, 6.07) is 14.0. The van der Waals surface area contributed by atoms with Crippen LogP contribution in [-0.4, -0.2) is 24.7 Å². The molecule has 0 saturated carbocycles. The minimum atomic E-state index is -3.72. The molecule has 0 unspecified atom stereocenters. The largest absolute Gasteiger partial charge is 0.242 e. The van der Waals surface area contributed by atoms with Gasteiger partial charge >= 0.3 is 0 Å². The molecule has 0 radical (unpaired) electrons. The van der Waals surface area contributed by atoms with Crippen molar-refractivity contribution in [3.63, 3.8) is 0 Å². The predicted octanol–water partition coefficient (Wildman–Crippen LogP) is 3.70. The molecule has 25 heavy (non-hydrogen) atoms. The summed E-state index contributed by atoms with van der Waals surface area (Å²) in [6.07, 6.45) is 4.09. The van der Waals surface area contributed by atoms with Gasteiger partial charge in [-0.2, -0.15) is 5.10 Å². The highest BCUT2D eigenvalue weighted by Crippen LogP contribution is 2.24. The van der Waals surface area contributed by atoms with E-state index in [1.807, 2.05) is 36.5 Å². The van der Waals surface area contributed by atoms with Crippen molar-refractivity contribution in [3.05, 3.63) is 76.5 Å². The van der Waals surface area contributed by atoms with E-state index in [-0.39, 0.29) is 16.5 Å². The Morgan fingerprint density at radius 2 is 1.84 bits per heavy atom. The Morgan fingerprint density at radius 3 is 2.60 bits per heavy atom. The molecule has 1 N–H and O–H groups in total. The Labute approximate surface area is 156 Å². The van der Waals surface area contributed by atoms with E-state index in [0.29, 0.717) is 11.4 Å². The van der Waals surface area contributed by atoms with Crippen LogP contribution >= 0.6 is 23.2 Å². The maximum atomic E-state index is 12.3. The second-order valence-electron chi connectivity index (χ2n) is 5.35. The van der Waals surface area contributed by atoms with Gasteiger partial charge in [0, 0.05) is 17.8 Å². The van der Waals surface area contributed by atoms with E-state index in [0.717, 1.165) is 11.3 Å². The lowest BCUT2D eigenvalue weighted by Gasteiger charge is -2.08. The van der Waals surface area contributed by atoms with Gasteiger partial charge in [0.25, 0.3) is 0 Å². The van der Waals surface area contributed by atoms with Crippen LogP contribution < -0.4 is 4.72 Å². The molecule has 0 bridgehead atoms. The van der Waals surface area contributed by atoms with Crippen LogP contribution in [0, 0.1) is 0 Å². The zero-order chi connectivity index (χ0) is 17.9. The van der Waals surface area contributed by atoms with Crippen LogP contribution in [0.5, 0.6) is 0 Å². The Balaban J connectivity index is 1.65. The summed E-state index contributed by atoms with van der Waals surface area (Å²) in [6.45, 7) is 0.228. The molecule has 0 aliphatic heterocycles. The summed E-state index contributed by atoms with van der Waals surface area (Å²) in [7, 11) is -3.72. The number of aromatic nitrogens is 2. The Hall–Kier alpha value is -1.86. The van der Waals surface area contributed by atoms with E-state index in [2.05, 4.69) is 9.82 Å². The van der Waals surface area contributed by atoms with Crippen LogP contribution in [0.1, 0.15) is 5.56 Å². The Kier molecular flexibility index (Phi) is 5.44. The van der Waals surface area contributed by atoms with Crippen molar-refractivity contribution in [2.24, 2.45) is 0 Å². The van der Waals surface area contributed by atoms with Gasteiger partial charge < -0.3 is 0 Å². The lowest BCUT2D eigenvalue weighted by molar-refractivity contribution is 0.581. The number of sulfonamides is 1. The minimum Gasteiger partial charge on any atom is -0.241 e. The van der Waals surface area contributed by atoms with E-state index < -0.39 is 10.0 Å². The van der Waals surface area contributed by atoms with Gasteiger partial charge in [-0.05, 0) is 42.3 Å². The fourth-order valence-corrected chi connectivity index (χ4v) is 4.09. The van der Waals surface area contributed by atoms with Gasteiger partial charge in [0.2, 0.25) is 10.0 Å². The van der Waals surface area contributed by atoms with Crippen molar-refractivity contribution in [3.8, 4) is 5.69 Å².